The summed E-state index contributed by atoms with van der Waals surface area (Å²) in [5.74, 6) is 2.87. The van der Waals surface area contributed by atoms with E-state index in [1.54, 1.807) is 0 Å². The highest BCUT2D eigenvalue weighted by atomic mass is 127. The molecule has 1 unspecified atom stereocenters. The summed E-state index contributed by atoms with van der Waals surface area (Å²) in [6.45, 7) is 6.66. The van der Waals surface area contributed by atoms with Gasteiger partial charge < -0.3 is 15.2 Å². The lowest BCUT2D eigenvalue weighted by atomic mass is 10.1. The van der Waals surface area contributed by atoms with Crippen LogP contribution in [0.5, 0.6) is 0 Å². The molecule has 1 aliphatic rings. The molecule has 26 heavy (non-hydrogen) atoms. The summed E-state index contributed by atoms with van der Waals surface area (Å²) >= 11 is 2.05. The molecule has 0 spiro atoms. The van der Waals surface area contributed by atoms with E-state index in [-0.39, 0.29) is 24.0 Å². The van der Waals surface area contributed by atoms with E-state index in [1.807, 2.05) is 48.2 Å². The Balaban J connectivity index is 0.00000243. The molecule has 0 saturated carbocycles. The molecule has 0 aliphatic carbocycles. The zero-order chi connectivity index (χ0) is 17.5. The molecule has 142 valence electrons. The van der Waals surface area contributed by atoms with E-state index in [1.165, 1.54) is 18.6 Å². The van der Waals surface area contributed by atoms with Crippen LogP contribution in [0.3, 0.4) is 0 Å². The van der Waals surface area contributed by atoms with Crippen molar-refractivity contribution in [2.45, 2.75) is 38.0 Å². The molecule has 0 bridgehead atoms. The van der Waals surface area contributed by atoms with Crippen molar-refractivity contribution >= 4 is 41.7 Å². The van der Waals surface area contributed by atoms with Gasteiger partial charge in [-0.3, -0.25) is 0 Å². The predicted molar refractivity (Wildman–Crippen MR) is 120 cm³/mol. The lowest BCUT2D eigenvalue weighted by Gasteiger charge is -2.24. The lowest BCUT2D eigenvalue weighted by molar-refractivity contribution is 0.424. The van der Waals surface area contributed by atoms with Crippen molar-refractivity contribution in [3.8, 4) is 11.3 Å². The van der Waals surface area contributed by atoms with Crippen molar-refractivity contribution in [1.82, 2.24) is 15.8 Å². The number of halogens is 1. The van der Waals surface area contributed by atoms with E-state index in [9.17, 15) is 0 Å². The van der Waals surface area contributed by atoms with E-state index in [0.29, 0.717) is 11.3 Å². The number of nitrogens with one attached hydrogen (secondary N) is 2. The maximum absolute atomic E-state index is 5.44. The van der Waals surface area contributed by atoms with Crippen molar-refractivity contribution in [1.29, 1.82) is 0 Å². The van der Waals surface area contributed by atoms with Gasteiger partial charge in [0, 0.05) is 29.5 Å². The maximum Gasteiger partial charge on any atom is 0.191 e. The zero-order valence-electron chi connectivity index (χ0n) is 15.3. The molecule has 1 aromatic heterocycles. The molecular weight excluding hydrogens is 459 g/mol. The number of aliphatic imine (C=N–C) groups is 1. The summed E-state index contributed by atoms with van der Waals surface area (Å²) < 4.78 is 5.75. The van der Waals surface area contributed by atoms with Gasteiger partial charge in [-0.1, -0.05) is 35.5 Å². The number of nitrogens with zero attached hydrogens (tertiary/aromatic N) is 2. The van der Waals surface area contributed by atoms with Crippen LogP contribution in [0.1, 0.15) is 32.4 Å². The number of hydrogen-bond acceptors (Lipinski definition) is 4. The first-order valence-electron chi connectivity index (χ1n) is 8.86. The standard InChI is InChI=1S/C19H26N4OS.HI/c1-3-20-18(22-14-19(2)10-7-11-25-19)21-13-16-12-17(24-23-16)15-8-5-4-6-9-15;/h4-6,8-9,12H,3,7,10-11,13-14H2,1-2H3,(H2,20,21,22);1H. The van der Waals surface area contributed by atoms with Crippen LogP contribution >= 0.6 is 35.7 Å². The zero-order valence-corrected chi connectivity index (χ0v) is 18.5. The second-order valence-corrected chi connectivity index (χ2v) is 8.18. The molecule has 2 heterocycles. The summed E-state index contributed by atoms with van der Waals surface area (Å²) in [7, 11) is 0. The third-order valence-electron chi connectivity index (χ3n) is 4.29. The average molecular weight is 486 g/mol. The molecule has 1 atom stereocenters. The molecule has 7 heteroatoms. The fraction of sp³-hybridized carbons (Fsp3) is 0.474. The molecular formula is C19H27IN4OS. The number of rotatable bonds is 6. The van der Waals surface area contributed by atoms with Gasteiger partial charge in [-0.15, -0.1) is 24.0 Å². The summed E-state index contributed by atoms with van der Waals surface area (Å²) in [6, 6.07) is 12.0. The molecule has 1 fully saturated rings. The molecule has 2 N–H and O–H groups in total. The minimum absolute atomic E-state index is 0. The Kier molecular flexibility index (Phi) is 8.27. The molecule has 2 aromatic rings. The Labute approximate surface area is 176 Å². The minimum atomic E-state index is 0. The van der Waals surface area contributed by atoms with Crippen LogP contribution in [-0.4, -0.2) is 34.7 Å². The average Bonchev–Trinajstić information content (AvgIpc) is 3.28. The van der Waals surface area contributed by atoms with Gasteiger partial charge >= 0.3 is 0 Å². The lowest BCUT2D eigenvalue weighted by Crippen LogP contribution is -2.43. The van der Waals surface area contributed by atoms with Crippen molar-refractivity contribution < 1.29 is 4.52 Å². The third kappa shape index (κ3) is 5.90. The van der Waals surface area contributed by atoms with E-state index >= 15 is 0 Å². The predicted octanol–water partition coefficient (Wildman–Crippen LogP) is 4.30. The highest BCUT2D eigenvalue weighted by molar-refractivity contribution is 14.0. The quantitative estimate of drug-likeness (QED) is 0.362. The third-order valence-corrected chi connectivity index (χ3v) is 5.83. The van der Waals surface area contributed by atoms with Gasteiger partial charge in [0.05, 0.1) is 6.54 Å². The molecule has 1 aliphatic heterocycles. The van der Waals surface area contributed by atoms with Gasteiger partial charge in [0.15, 0.2) is 11.7 Å². The summed E-state index contributed by atoms with van der Waals surface area (Å²) in [5, 5.41) is 10.9. The van der Waals surface area contributed by atoms with Gasteiger partial charge in [-0.2, -0.15) is 11.8 Å². The molecule has 5 nitrogen and oxygen atoms in total. The normalized spacial score (nSPS) is 19.8. The Morgan fingerprint density at radius 2 is 2.12 bits per heavy atom. The van der Waals surface area contributed by atoms with Gasteiger partial charge in [-0.05, 0) is 32.4 Å². The van der Waals surface area contributed by atoms with Gasteiger partial charge in [0.2, 0.25) is 0 Å². The van der Waals surface area contributed by atoms with E-state index in [2.05, 4.69) is 34.6 Å². The van der Waals surface area contributed by atoms with E-state index in [0.717, 1.165) is 36.1 Å². The van der Waals surface area contributed by atoms with Gasteiger partial charge in [0.1, 0.15) is 5.69 Å². The van der Waals surface area contributed by atoms with Crippen LogP contribution in [-0.2, 0) is 6.54 Å². The first kappa shape index (κ1) is 21.1. The number of aromatic nitrogens is 1. The topological polar surface area (TPSA) is 62.5 Å². The smallest absolute Gasteiger partial charge is 0.191 e. The maximum atomic E-state index is 5.44. The minimum Gasteiger partial charge on any atom is -0.357 e. The highest BCUT2D eigenvalue weighted by Crippen LogP contribution is 2.36. The monoisotopic (exact) mass is 486 g/mol. The molecule has 1 saturated heterocycles. The SMILES string of the molecule is CCNC(=NCc1cc(-c2ccccc2)on1)NCC1(C)CCCS1.I. The fourth-order valence-electron chi connectivity index (χ4n) is 2.87. The van der Waals surface area contributed by atoms with E-state index < -0.39 is 0 Å². The Hall–Kier alpha value is -1.22. The fourth-order valence-corrected chi connectivity index (χ4v) is 4.12. The highest BCUT2D eigenvalue weighted by Gasteiger charge is 2.29. The van der Waals surface area contributed by atoms with Crippen LogP contribution in [0.25, 0.3) is 11.3 Å². The van der Waals surface area contributed by atoms with Gasteiger partial charge in [0.25, 0.3) is 0 Å². The van der Waals surface area contributed by atoms with Crippen LogP contribution in [0.15, 0.2) is 45.9 Å². The van der Waals surface area contributed by atoms with Crippen LogP contribution < -0.4 is 10.6 Å². The number of thioether (sulfide) groups is 1. The molecule has 0 radical (unpaired) electrons. The van der Waals surface area contributed by atoms with Crippen molar-refractivity contribution in [3.05, 3.63) is 42.1 Å². The van der Waals surface area contributed by atoms with Crippen LogP contribution in [0.4, 0.5) is 0 Å². The Morgan fingerprint density at radius 3 is 2.81 bits per heavy atom. The summed E-state index contributed by atoms with van der Waals surface area (Å²) in [5.41, 5.74) is 1.86. The Bertz CT molecular complexity index is 699. The van der Waals surface area contributed by atoms with Crippen LogP contribution in [0.2, 0.25) is 0 Å². The number of guanidine groups is 1. The molecule has 1 aromatic carbocycles. The molecule has 0 amide bonds. The number of hydrogen-bond donors (Lipinski definition) is 2. The van der Waals surface area contributed by atoms with E-state index in [4.69, 9.17) is 4.52 Å². The largest absolute Gasteiger partial charge is 0.357 e. The molecule has 3 rings (SSSR count). The van der Waals surface area contributed by atoms with Crippen LogP contribution in [0, 0.1) is 0 Å². The van der Waals surface area contributed by atoms with Crippen molar-refractivity contribution in [2.24, 2.45) is 4.99 Å². The Morgan fingerprint density at radius 1 is 1.31 bits per heavy atom. The van der Waals surface area contributed by atoms with Crippen molar-refractivity contribution in [3.63, 3.8) is 0 Å². The number of benzene rings is 1. The van der Waals surface area contributed by atoms with Crippen molar-refractivity contribution in [2.75, 3.05) is 18.8 Å². The van der Waals surface area contributed by atoms with Gasteiger partial charge in [-0.25, -0.2) is 4.99 Å². The summed E-state index contributed by atoms with van der Waals surface area (Å²) in [4.78, 5) is 4.65. The second kappa shape index (κ2) is 10.2. The first-order chi connectivity index (χ1) is 12.2. The second-order valence-electron chi connectivity index (χ2n) is 6.50. The summed E-state index contributed by atoms with van der Waals surface area (Å²) in [6.07, 6.45) is 2.56. The first-order valence-corrected chi connectivity index (χ1v) is 9.84.